The Morgan fingerprint density at radius 3 is 2.77 bits per heavy atom. The van der Waals surface area contributed by atoms with E-state index in [0.717, 1.165) is 0 Å². The average molecular weight is 501 g/mol. The summed E-state index contributed by atoms with van der Waals surface area (Å²) < 4.78 is 31.7. The van der Waals surface area contributed by atoms with Crippen molar-refractivity contribution in [3.05, 3.63) is 23.3 Å². The van der Waals surface area contributed by atoms with E-state index < -0.39 is 38.1 Å². The molecule has 12 heteroatoms. The molecule has 26 heavy (non-hydrogen) atoms. The summed E-state index contributed by atoms with van der Waals surface area (Å²) >= 11 is 0. The first kappa shape index (κ1) is 19.3. The van der Waals surface area contributed by atoms with Gasteiger partial charge in [-0.15, -0.1) is 0 Å². The molecule has 3 heterocycles. The molecule has 10 nitrogen and oxygen atoms in total. The first-order chi connectivity index (χ1) is 11.9. The van der Waals surface area contributed by atoms with Gasteiger partial charge >= 0.3 is 68.9 Å². The van der Waals surface area contributed by atoms with Crippen molar-refractivity contribution in [2.45, 2.75) is 24.4 Å². The van der Waals surface area contributed by atoms with Crippen molar-refractivity contribution in [3.8, 4) is 17.2 Å². The maximum atomic E-state index is 12.5. The molecule has 4 aliphatic rings. The van der Waals surface area contributed by atoms with Gasteiger partial charge in [0.05, 0.1) is 11.6 Å². The van der Waals surface area contributed by atoms with Crippen LogP contribution in [0.4, 0.5) is 0 Å². The number of carbonyl (C=O) groups is 1. The predicted octanol–water partition coefficient (Wildman–Crippen LogP) is -3.75. The van der Waals surface area contributed by atoms with Crippen LogP contribution in [0.3, 0.4) is 0 Å². The number of amides is 1. The van der Waals surface area contributed by atoms with E-state index in [4.69, 9.17) is 18.5 Å². The number of phenolic OH excluding ortho intramolecular Hbond substituents is 1. The molecule has 5 rings (SSSR count). The average Bonchev–Trinajstić information content (AvgIpc) is 3.12. The van der Waals surface area contributed by atoms with Gasteiger partial charge in [0.1, 0.15) is 18.3 Å². The van der Waals surface area contributed by atoms with Gasteiger partial charge in [-0.05, 0) is 17.7 Å². The Kier molecular flexibility index (Phi) is 4.81. The summed E-state index contributed by atoms with van der Waals surface area (Å²) in [6.45, 7) is -0.0977. The Bertz CT molecular complexity index is 903. The maximum absolute atomic E-state index is 12.5. The number of aliphatic hydroxyl groups is 1. The number of fused-ring (bicyclic) bond motifs is 6. The number of hydrogen-bond acceptors (Lipinski definition) is 9. The molecule has 1 aliphatic carbocycles. The fraction of sp³-hybridized carbons (Fsp3) is 0.357. The molecule has 0 bridgehead atoms. The van der Waals surface area contributed by atoms with Crippen LogP contribution in [0.1, 0.15) is 15.9 Å². The Hall–Kier alpha value is -0.0481. The van der Waals surface area contributed by atoms with Gasteiger partial charge in [-0.2, -0.15) is 0 Å². The van der Waals surface area contributed by atoms with Crippen LogP contribution in [0, 0.1) is 0 Å². The largest absolute Gasteiger partial charge is 1.00 e. The molecular formula is C14H11CsNO9P. The fourth-order valence-electron chi connectivity index (χ4n) is 3.62. The summed E-state index contributed by atoms with van der Waals surface area (Å²) in [6, 6.07) is 0.646. The second-order valence-corrected chi connectivity index (χ2v) is 7.35. The Morgan fingerprint density at radius 2 is 2.00 bits per heavy atom. The Labute approximate surface area is 205 Å². The normalized spacial score (nSPS) is 36.2. The van der Waals surface area contributed by atoms with Crippen LogP contribution >= 0.6 is 7.82 Å². The van der Waals surface area contributed by atoms with E-state index in [9.17, 15) is 24.5 Å². The summed E-state index contributed by atoms with van der Waals surface area (Å²) in [5.41, 5.74) is 0.674. The monoisotopic (exact) mass is 501 g/mol. The van der Waals surface area contributed by atoms with Crippen molar-refractivity contribution in [2.24, 2.45) is 0 Å². The molecule has 0 saturated carbocycles. The van der Waals surface area contributed by atoms with Crippen molar-refractivity contribution in [1.82, 2.24) is 5.32 Å². The number of phosphoric acid groups is 1. The van der Waals surface area contributed by atoms with Crippen LogP contribution in [0.2, 0.25) is 0 Å². The number of aliphatic hydroxyl groups excluding tert-OH is 1. The smallest absolute Gasteiger partial charge is 0.756 e. The predicted molar refractivity (Wildman–Crippen MR) is 76.8 cm³/mol. The van der Waals surface area contributed by atoms with Crippen LogP contribution in [-0.2, 0) is 13.6 Å². The first-order valence-corrected chi connectivity index (χ1v) is 8.86. The van der Waals surface area contributed by atoms with E-state index in [2.05, 4.69) is 5.32 Å². The number of aromatic hydroxyl groups is 1. The van der Waals surface area contributed by atoms with Gasteiger partial charge in [0.25, 0.3) is 13.7 Å². The number of carbonyl (C=O) groups excluding carboxylic acids is 1. The van der Waals surface area contributed by atoms with Gasteiger partial charge in [-0.1, -0.05) is 0 Å². The third-order valence-corrected chi connectivity index (χ3v) is 5.64. The van der Waals surface area contributed by atoms with Crippen molar-refractivity contribution in [2.75, 3.05) is 6.79 Å². The molecule has 132 valence electrons. The van der Waals surface area contributed by atoms with Gasteiger partial charge < -0.3 is 38.9 Å². The number of benzene rings is 1. The van der Waals surface area contributed by atoms with Gasteiger partial charge in [-0.25, -0.2) is 0 Å². The van der Waals surface area contributed by atoms with Gasteiger partial charge in [-0.3, -0.25) is 9.36 Å². The van der Waals surface area contributed by atoms with Crippen LogP contribution in [-0.4, -0.2) is 47.3 Å². The molecule has 0 spiro atoms. The minimum Gasteiger partial charge on any atom is -0.756 e. The summed E-state index contributed by atoms with van der Waals surface area (Å²) in [6.07, 6.45) is -2.15. The number of phosphoric ester groups is 1. The molecular weight excluding hydrogens is 490 g/mol. The Morgan fingerprint density at radius 1 is 1.27 bits per heavy atom. The number of nitrogens with one attached hydrogen (secondary N) is 1. The van der Waals surface area contributed by atoms with Crippen molar-refractivity contribution < 1.29 is 112 Å². The van der Waals surface area contributed by atoms with Gasteiger partial charge in [0, 0.05) is 5.56 Å². The van der Waals surface area contributed by atoms with Crippen LogP contribution < -0.4 is 88.6 Å². The molecule has 1 saturated heterocycles. The Balaban J connectivity index is 0.00000168. The van der Waals surface area contributed by atoms with E-state index in [-0.39, 0.29) is 98.5 Å². The third kappa shape index (κ3) is 2.73. The molecule has 1 unspecified atom stereocenters. The molecule has 0 radical (unpaired) electrons. The summed E-state index contributed by atoms with van der Waals surface area (Å²) in [7, 11) is -4.56. The number of hydrogen-bond donors (Lipinski definition) is 3. The van der Waals surface area contributed by atoms with Crippen molar-refractivity contribution in [1.29, 1.82) is 0 Å². The quantitative estimate of drug-likeness (QED) is 0.305. The van der Waals surface area contributed by atoms with E-state index >= 15 is 0 Å². The summed E-state index contributed by atoms with van der Waals surface area (Å²) in [5, 5.41) is 23.2. The van der Waals surface area contributed by atoms with Gasteiger partial charge in [0.2, 0.25) is 12.5 Å². The van der Waals surface area contributed by atoms with Crippen LogP contribution in [0.25, 0.3) is 5.57 Å². The number of rotatable bonds is 0. The molecule has 0 aromatic heterocycles. The second-order valence-electron chi connectivity index (χ2n) is 6.03. The van der Waals surface area contributed by atoms with E-state index in [1.54, 1.807) is 0 Å². The zero-order valence-electron chi connectivity index (χ0n) is 13.4. The number of phenols is 1. The van der Waals surface area contributed by atoms with Crippen molar-refractivity contribution >= 4 is 19.3 Å². The summed E-state index contributed by atoms with van der Waals surface area (Å²) in [5.74, 6) is -0.692. The zero-order valence-corrected chi connectivity index (χ0v) is 20.5. The molecule has 1 fully saturated rings. The van der Waals surface area contributed by atoms with E-state index in [1.165, 1.54) is 12.1 Å². The van der Waals surface area contributed by atoms with E-state index in [1.807, 2.05) is 0 Å². The minimum absolute atomic E-state index is 0. The maximum Gasteiger partial charge on any atom is 1.00 e. The minimum atomic E-state index is -4.56. The van der Waals surface area contributed by atoms with E-state index in [0.29, 0.717) is 11.1 Å². The first-order valence-electron chi connectivity index (χ1n) is 7.40. The van der Waals surface area contributed by atoms with Crippen LogP contribution in [0.5, 0.6) is 17.2 Å². The topological polar surface area (TPSA) is 147 Å². The van der Waals surface area contributed by atoms with Crippen LogP contribution in [0.15, 0.2) is 12.1 Å². The molecule has 5 atom stereocenters. The van der Waals surface area contributed by atoms with Gasteiger partial charge in [0.15, 0.2) is 11.5 Å². The SMILES string of the molecule is O=C1N[C@@H]2C(=C[C@H](O)[C@H]3OP(=O)([O-])O[C@H]32)c2cc3c(c(O)c21)OCO3.[Cs+]. The third-order valence-electron chi connectivity index (χ3n) is 4.64. The second kappa shape index (κ2) is 6.49. The van der Waals surface area contributed by atoms with Crippen molar-refractivity contribution in [3.63, 3.8) is 0 Å². The molecule has 3 N–H and O–H groups in total. The molecule has 1 amide bonds. The molecule has 3 aliphatic heterocycles. The molecule has 1 aromatic carbocycles. The molecule has 1 aromatic rings. The fourth-order valence-corrected chi connectivity index (χ4v) is 4.76. The summed E-state index contributed by atoms with van der Waals surface area (Å²) in [4.78, 5) is 24.1. The zero-order chi connectivity index (χ0) is 17.5. The standard InChI is InChI=1S/C14H12NO9P.Cs/c16-6-1-5-4-2-7-12(22-3-21-7)10(17)8(4)14(18)15-9(5)13-11(6)23-25(19,20)24-13;/h1-2,6,9,11,13,16-17H,3H2,(H,15,18)(H,19,20);/q;+1/p-1/t6-,9+,11+,13-;/m0./s1. The number of ether oxygens (including phenoxy) is 2.